The van der Waals surface area contributed by atoms with Crippen LogP contribution in [0.25, 0.3) is 0 Å². The number of ether oxygens (including phenoxy) is 1. The predicted molar refractivity (Wildman–Crippen MR) is 120 cm³/mol. The summed E-state index contributed by atoms with van der Waals surface area (Å²) in [6.45, 7) is 2.69. The minimum atomic E-state index is -0.381. The number of esters is 1. The third-order valence-electron chi connectivity index (χ3n) is 3.90. The van der Waals surface area contributed by atoms with E-state index in [0.717, 1.165) is 27.0 Å². The number of carbonyl (C=O) groups excluding carboxylic acids is 1. The Kier molecular flexibility index (Phi) is 6.82. The number of anilines is 2. The van der Waals surface area contributed by atoms with Gasteiger partial charge in [-0.15, -0.1) is 11.3 Å². The first-order valence-corrected chi connectivity index (χ1v) is 10.6. The number of benzene rings is 1. The van der Waals surface area contributed by atoms with Gasteiger partial charge in [-0.3, -0.25) is 4.68 Å². The van der Waals surface area contributed by atoms with Gasteiger partial charge in [-0.25, -0.2) is 4.79 Å². The van der Waals surface area contributed by atoms with Crippen LogP contribution in [-0.2, 0) is 17.7 Å². The van der Waals surface area contributed by atoms with E-state index in [2.05, 4.69) is 31.7 Å². The Morgan fingerprint density at radius 1 is 1.36 bits per heavy atom. The average molecular weight is 479 g/mol. The lowest BCUT2D eigenvalue weighted by molar-refractivity contribution is 0.0602. The largest absolute Gasteiger partial charge is 0.465 e. The van der Waals surface area contributed by atoms with Gasteiger partial charge in [0.1, 0.15) is 5.00 Å². The van der Waals surface area contributed by atoms with Gasteiger partial charge in [0.15, 0.2) is 5.11 Å². The van der Waals surface area contributed by atoms with Gasteiger partial charge in [0.2, 0.25) is 0 Å². The van der Waals surface area contributed by atoms with Gasteiger partial charge >= 0.3 is 5.97 Å². The van der Waals surface area contributed by atoms with Crippen LogP contribution < -0.4 is 10.6 Å². The number of carbonyl (C=O) groups is 1. The van der Waals surface area contributed by atoms with E-state index in [1.165, 1.54) is 18.4 Å². The molecule has 0 amide bonds. The van der Waals surface area contributed by atoms with Gasteiger partial charge in [0.05, 0.1) is 29.9 Å². The zero-order chi connectivity index (χ0) is 20.1. The fraction of sp³-hybridized carbons (Fsp3) is 0.211. The number of nitrogens with zero attached hydrogens (tertiary/aromatic N) is 2. The molecule has 146 valence electrons. The van der Waals surface area contributed by atoms with Crippen molar-refractivity contribution in [2.75, 3.05) is 17.7 Å². The molecule has 3 rings (SSSR count). The monoisotopic (exact) mass is 478 g/mol. The summed E-state index contributed by atoms with van der Waals surface area (Å²) in [6, 6.07) is 9.77. The van der Waals surface area contributed by atoms with Crippen LogP contribution in [0, 0.1) is 0 Å². The Morgan fingerprint density at radius 2 is 2.18 bits per heavy atom. The van der Waals surface area contributed by atoms with E-state index in [9.17, 15) is 4.79 Å². The predicted octanol–water partition coefficient (Wildman–Crippen LogP) is 4.91. The molecule has 0 fully saturated rings. The number of methoxy groups -OCH3 is 1. The van der Waals surface area contributed by atoms with E-state index in [4.69, 9.17) is 17.0 Å². The summed E-state index contributed by atoms with van der Waals surface area (Å²) in [4.78, 5) is 13.1. The number of thiophene rings is 1. The molecule has 9 heteroatoms. The Labute approximate surface area is 181 Å². The molecule has 0 radical (unpaired) electrons. The molecule has 1 aromatic carbocycles. The highest BCUT2D eigenvalue weighted by atomic mass is 79.9. The van der Waals surface area contributed by atoms with E-state index in [1.54, 1.807) is 6.20 Å². The van der Waals surface area contributed by atoms with E-state index in [0.29, 0.717) is 22.2 Å². The normalized spacial score (nSPS) is 10.5. The van der Waals surface area contributed by atoms with Crippen LogP contribution in [0.1, 0.15) is 27.7 Å². The maximum atomic E-state index is 12.0. The second-order valence-corrected chi connectivity index (χ2v) is 8.40. The average Bonchev–Trinajstić information content (AvgIpc) is 3.27. The number of hydrogen-bond acceptors (Lipinski definition) is 5. The van der Waals surface area contributed by atoms with Gasteiger partial charge < -0.3 is 15.4 Å². The molecule has 0 bridgehead atoms. The van der Waals surface area contributed by atoms with Crippen molar-refractivity contribution in [3.05, 3.63) is 63.2 Å². The minimum absolute atomic E-state index is 0.381. The summed E-state index contributed by atoms with van der Waals surface area (Å²) in [5, 5.41) is 11.6. The second-order valence-electron chi connectivity index (χ2n) is 5.94. The molecule has 0 aliphatic heterocycles. The van der Waals surface area contributed by atoms with Crippen molar-refractivity contribution >= 4 is 61.3 Å². The highest BCUT2D eigenvalue weighted by Gasteiger charge is 2.17. The van der Waals surface area contributed by atoms with Gasteiger partial charge in [0.25, 0.3) is 0 Å². The maximum absolute atomic E-state index is 12.0. The highest BCUT2D eigenvalue weighted by molar-refractivity contribution is 9.10. The van der Waals surface area contributed by atoms with Crippen LogP contribution >= 0.6 is 39.5 Å². The number of thiocarbonyl (C=S) groups is 1. The zero-order valence-corrected chi connectivity index (χ0v) is 18.6. The van der Waals surface area contributed by atoms with Crippen LogP contribution in [0.4, 0.5) is 10.7 Å². The molecule has 0 unspecified atom stereocenters. The van der Waals surface area contributed by atoms with Crippen molar-refractivity contribution in [1.29, 1.82) is 0 Å². The molecular weight excluding hydrogens is 460 g/mol. The van der Waals surface area contributed by atoms with Gasteiger partial charge in [-0.05, 0) is 58.3 Å². The highest BCUT2D eigenvalue weighted by Crippen LogP contribution is 2.29. The first-order valence-electron chi connectivity index (χ1n) is 8.54. The summed E-state index contributed by atoms with van der Waals surface area (Å²) in [6.07, 6.45) is 4.51. The number of halogens is 1. The molecule has 2 aromatic heterocycles. The van der Waals surface area contributed by atoms with Crippen molar-refractivity contribution in [2.24, 2.45) is 0 Å². The summed E-state index contributed by atoms with van der Waals surface area (Å²) in [5.41, 5.74) is 2.43. The Balaban J connectivity index is 1.69. The Bertz CT molecular complexity index is 999. The van der Waals surface area contributed by atoms with Crippen LogP contribution in [0.3, 0.4) is 0 Å². The molecule has 28 heavy (non-hydrogen) atoms. The number of nitrogens with one attached hydrogen (secondary N) is 2. The molecule has 0 saturated heterocycles. The SMILES string of the molecule is CCc1cc(C(=O)OC)c(NC(=S)Nc2cccc(Cn3cc(Br)cn3)c2)s1. The maximum Gasteiger partial charge on any atom is 0.340 e. The van der Waals surface area contributed by atoms with E-state index in [1.807, 2.05) is 48.1 Å². The lowest BCUT2D eigenvalue weighted by atomic mass is 10.2. The smallest absolute Gasteiger partial charge is 0.340 e. The summed E-state index contributed by atoms with van der Waals surface area (Å²) in [5.74, 6) is -0.381. The fourth-order valence-corrected chi connectivity index (χ4v) is 4.20. The molecule has 0 saturated carbocycles. The van der Waals surface area contributed by atoms with Crippen LogP contribution in [0.5, 0.6) is 0 Å². The fourth-order valence-electron chi connectivity index (χ4n) is 2.60. The first kappa shape index (κ1) is 20.5. The summed E-state index contributed by atoms with van der Waals surface area (Å²) < 4.78 is 7.65. The number of hydrogen-bond donors (Lipinski definition) is 2. The van der Waals surface area contributed by atoms with E-state index < -0.39 is 0 Å². The lowest BCUT2D eigenvalue weighted by Crippen LogP contribution is -2.20. The molecule has 0 aliphatic rings. The second kappa shape index (κ2) is 9.31. The zero-order valence-electron chi connectivity index (χ0n) is 15.4. The van der Waals surface area contributed by atoms with Crippen molar-refractivity contribution < 1.29 is 9.53 Å². The lowest BCUT2D eigenvalue weighted by Gasteiger charge is -2.11. The Morgan fingerprint density at radius 3 is 2.86 bits per heavy atom. The molecule has 3 aromatic rings. The number of aromatic nitrogens is 2. The number of aryl methyl sites for hydroxylation is 1. The van der Waals surface area contributed by atoms with Crippen LogP contribution in [-0.4, -0.2) is 28.0 Å². The molecular formula is C19H19BrN4O2S2. The van der Waals surface area contributed by atoms with Gasteiger partial charge in [-0.2, -0.15) is 5.10 Å². The van der Waals surface area contributed by atoms with Crippen molar-refractivity contribution in [3.63, 3.8) is 0 Å². The number of rotatable bonds is 6. The summed E-state index contributed by atoms with van der Waals surface area (Å²) >= 11 is 10.3. The molecule has 6 nitrogen and oxygen atoms in total. The summed E-state index contributed by atoms with van der Waals surface area (Å²) in [7, 11) is 1.37. The van der Waals surface area contributed by atoms with Crippen LogP contribution in [0.2, 0.25) is 0 Å². The molecule has 2 N–H and O–H groups in total. The standard InChI is InChI=1S/C19H19BrN4O2S2/c1-3-15-8-16(18(25)26-2)17(28-15)23-19(27)22-14-6-4-5-12(7-14)10-24-11-13(20)9-21-24/h4-9,11H,3,10H2,1-2H3,(H2,22,23,27). The quantitative estimate of drug-likeness (QED) is 0.387. The first-order chi connectivity index (χ1) is 13.5. The third-order valence-corrected chi connectivity index (χ3v) is 5.70. The van der Waals surface area contributed by atoms with Gasteiger partial charge in [-0.1, -0.05) is 19.1 Å². The molecule has 0 atom stereocenters. The van der Waals surface area contributed by atoms with Crippen molar-refractivity contribution in [3.8, 4) is 0 Å². The van der Waals surface area contributed by atoms with Crippen molar-refractivity contribution in [1.82, 2.24) is 9.78 Å². The minimum Gasteiger partial charge on any atom is -0.465 e. The van der Waals surface area contributed by atoms with E-state index in [-0.39, 0.29) is 5.97 Å². The van der Waals surface area contributed by atoms with E-state index >= 15 is 0 Å². The van der Waals surface area contributed by atoms with Gasteiger partial charge in [0, 0.05) is 16.8 Å². The Hall–Kier alpha value is -2.23. The molecule has 2 heterocycles. The topological polar surface area (TPSA) is 68.2 Å². The molecule has 0 spiro atoms. The van der Waals surface area contributed by atoms with Crippen molar-refractivity contribution in [2.45, 2.75) is 19.9 Å². The molecule has 0 aliphatic carbocycles. The van der Waals surface area contributed by atoms with Crippen LogP contribution in [0.15, 0.2) is 47.2 Å². The third kappa shape index (κ3) is 5.18.